The molecule has 0 radical (unpaired) electrons. The maximum atomic E-state index is 14.7. The summed E-state index contributed by atoms with van der Waals surface area (Å²) in [7, 11) is 1.27. The number of benzene rings is 3. The van der Waals surface area contributed by atoms with Crippen molar-refractivity contribution in [2.24, 2.45) is 11.7 Å². The smallest absolute Gasteiger partial charge is 0.408 e. The van der Waals surface area contributed by atoms with Crippen LogP contribution in [0.15, 0.2) is 120 Å². The number of hydrogen-bond donors (Lipinski definition) is 5. The SMILES string of the molecule is COC(=O)Cn1cc(N(CCCCCCCCCCCNC(=O)N2CC[C@H]3CC[C@@H](C(=O)NC(CCC(N)=O)C(=O)NC(c4ccccc4)c4ccccc4)N3C(=O)[C@@H](NC(=O)OC(C)(C)C)C2)C(=O)[C@H]2CCCN(c3cncc4ccccc34)C2)ccc1=O. The molecule has 8 amide bonds. The molecule has 1 unspecified atom stereocenters. The van der Waals surface area contributed by atoms with Gasteiger partial charge in [0.25, 0.3) is 5.56 Å². The van der Waals surface area contributed by atoms with Crippen molar-refractivity contribution in [3.63, 3.8) is 0 Å². The van der Waals surface area contributed by atoms with Crippen molar-refractivity contribution in [3.8, 4) is 0 Å². The summed E-state index contributed by atoms with van der Waals surface area (Å²) in [5.74, 6) is -3.23. The molecule has 482 valence electrons. The van der Waals surface area contributed by atoms with Crippen molar-refractivity contribution in [1.82, 2.24) is 40.6 Å². The van der Waals surface area contributed by atoms with Crippen LogP contribution in [0.25, 0.3) is 10.8 Å². The second kappa shape index (κ2) is 32.6. The Morgan fingerprint density at radius 1 is 0.744 bits per heavy atom. The van der Waals surface area contributed by atoms with E-state index in [0.29, 0.717) is 38.2 Å². The number of rotatable bonds is 27. The number of nitrogens with one attached hydrogen (secondary N) is 4. The fourth-order valence-corrected chi connectivity index (χ4v) is 12.4. The molecule has 3 aromatic carbocycles. The zero-order chi connectivity index (χ0) is 64.2. The minimum Gasteiger partial charge on any atom is -0.468 e. The number of amides is 8. The van der Waals surface area contributed by atoms with E-state index in [9.17, 15) is 43.2 Å². The molecule has 0 spiro atoms. The third-order valence-corrected chi connectivity index (χ3v) is 17.0. The predicted octanol–water partition coefficient (Wildman–Crippen LogP) is 7.65. The molecule has 22 nitrogen and oxygen atoms in total. The number of esters is 1. The van der Waals surface area contributed by atoms with Gasteiger partial charge in [-0.2, -0.15) is 0 Å². The van der Waals surface area contributed by atoms with Crippen molar-refractivity contribution in [3.05, 3.63) is 137 Å². The van der Waals surface area contributed by atoms with Crippen LogP contribution in [0.1, 0.15) is 141 Å². The van der Waals surface area contributed by atoms with E-state index in [1.165, 1.54) is 27.5 Å². The van der Waals surface area contributed by atoms with Crippen LogP contribution in [-0.4, -0.2) is 143 Å². The molecule has 0 aliphatic carbocycles. The average Bonchev–Trinajstić information content (AvgIpc) is 1.51. The van der Waals surface area contributed by atoms with Crippen molar-refractivity contribution in [2.75, 3.05) is 56.2 Å². The number of nitrogens with zero attached hydrogens (tertiary/aromatic N) is 6. The second-order valence-corrected chi connectivity index (χ2v) is 24.8. The number of ether oxygens (including phenoxy) is 2. The quantitative estimate of drug-likeness (QED) is 0.0250. The van der Waals surface area contributed by atoms with Gasteiger partial charge in [-0.1, -0.05) is 130 Å². The molecule has 6 N–H and O–H groups in total. The van der Waals surface area contributed by atoms with E-state index in [1.807, 2.05) is 91.3 Å². The Balaban J connectivity index is 0.804. The Morgan fingerprint density at radius 2 is 1.41 bits per heavy atom. The molecule has 3 aliphatic rings. The lowest BCUT2D eigenvalue weighted by atomic mass is 9.95. The van der Waals surface area contributed by atoms with Crippen LogP contribution in [0.3, 0.4) is 0 Å². The number of carbonyl (C=O) groups is 8. The molecular weight excluding hydrogens is 1150 g/mol. The topological polar surface area (TPSA) is 277 Å². The molecule has 0 bridgehead atoms. The number of primary amides is 1. The number of pyridine rings is 2. The molecule has 5 aromatic rings. The number of fused-ring (bicyclic) bond motifs is 2. The maximum Gasteiger partial charge on any atom is 0.408 e. The number of alkyl carbamates (subject to hydrolysis) is 1. The summed E-state index contributed by atoms with van der Waals surface area (Å²) in [6.07, 6.45) is 15.0. The number of carbonyl (C=O) groups excluding carboxylic acids is 8. The first kappa shape index (κ1) is 67.1. The van der Waals surface area contributed by atoms with E-state index < -0.39 is 71.5 Å². The van der Waals surface area contributed by atoms with Crippen LogP contribution in [0.5, 0.6) is 0 Å². The summed E-state index contributed by atoms with van der Waals surface area (Å²) in [4.78, 5) is 134. The van der Waals surface area contributed by atoms with Gasteiger partial charge in [-0.25, -0.2) is 9.59 Å². The monoisotopic (exact) mass is 1240 g/mol. The molecule has 0 saturated carbocycles. The van der Waals surface area contributed by atoms with E-state index in [4.69, 9.17) is 15.2 Å². The fourth-order valence-electron chi connectivity index (χ4n) is 12.4. The molecule has 8 rings (SSSR count). The molecule has 3 aliphatic heterocycles. The summed E-state index contributed by atoms with van der Waals surface area (Å²) in [6, 6.07) is 25.0. The van der Waals surface area contributed by atoms with Gasteiger partial charge in [-0.05, 0) is 89.3 Å². The number of hydrogen-bond acceptors (Lipinski definition) is 13. The number of aromatic nitrogens is 2. The fraction of sp³-hybridized carbons (Fsp3) is 0.500. The summed E-state index contributed by atoms with van der Waals surface area (Å²) in [6.45, 7) is 7.07. The van der Waals surface area contributed by atoms with E-state index in [0.717, 1.165) is 105 Å². The van der Waals surface area contributed by atoms with Crippen molar-refractivity contribution in [1.29, 1.82) is 0 Å². The van der Waals surface area contributed by atoms with Crippen LogP contribution in [0.2, 0.25) is 0 Å². The van der Waals surface area contributed by atoms with Gasteiger partial charge in [-0.3, -0.25) is 38.5 Å². The Morgan fingerprint density at radius 3 is 2.09 bits per heavy atom. The van der Waals surface area contributed by atoms with Crippen molar-refractivity contribution >= 4 is 69.8 Å². The number of piperidine rings is 1. The Kier molecular flexibility index (Phi) is 24.3. The van der Waals surface area contributed by atoms with Gasteiger partial charge >= 0.3 is 18.1 Å². The molecule has 5 heterocycles. The van der Waals surface area contributed by atoms with Gasteiger partial charge in [0.1, 0.15) is 30.3 Å². The van der Waals surface area contributed by atoms with E-state index >= 15 is 0 Å². The molecule has 22 heteroatoms. The third kappa shape index (κ3) is 18.9. The molecular formula is C68H89N11O11. The highest BCUT2D eigenvalue weighted by atomic mass is 16.6. The first-order valence-corrected chi connectivity index (χ1v) is 31.9. The third-order valence-electron chi connectivity index (χ3n) is 17.0. The van der Waals surface area contributed by atoms with Crippen LogP contribution in [0.4, 0.5) is 21.0 Å². The standard InChI is InChI=1S/C68H89N11O11/c1-68(2,3)90-67(88)73-55-45-76(40-36-51-30-33-56(79(51)65(55)86)63(84)72-54(32-34-58(69)80)62(83)74-61(47-23-14-12-15-24-47)48-25-16-13-17-26-48)66(87)71-37-20-10-8-6-5-7-9-11-21-39-78(52-31-35-59(81)77(44-52)46-60(82)89-4)64(85)50-28-22-38-75(43-50)57-42-70-41-49-27-18-19-29-53(49)57/h12-19,23-27,29,31,35,41-42,44,50-51,54-56,61H,5-11,20-22,28,30,32-34,36-40,43,45-46H2,1-4H3,(H2,69,80)(H,71,87)(H,72,84)(H,73,88)(H,74,83)/t50-,51+,54?,55-,56-/m0/s1. The minimum absolute atomic E-state index is 0.0193. The first-order chi connectivity index (χ1) is 43.4. The highest BCUT2D eigenvalue weighted by molar-refractivity contribution is 5.98. The van der Waals surface area contributed by atoms with Crippen LogP contribution >= 0.6 is 0 Å². The van der Waals surface area contributed by atoms with Crippen molar-refractivity contribution in [2.45, 2.75) is 166 Å². The second-order valence-electron chi connectivity index (χ2n) is 24.8. The minimum atomic E-state index is -1.27. The number of anilines is 2. The zero-order valence-corrected chi connectivity index (χ0v) is 52.4. The van der Waals surface area contributed by atoms with Gasteiger partial charge in [0, 0.05) is 74.4 Å². The Labute approximate surface area is 527 Å². The van der Waals surface area contributed by atoms with Crippen molar-refractivity contribution < 1.29 is 47.8 Å². The average molecular weight is 1240 g/mol. The molecule has 2 aromatic heterocycles. The maximum absolute atomic E-state index is 14.7. The number of urea groups is 1. The first-order valence-electron chi connectivity index (χ1n) is 31.9. The Hall–Kier alpha value is -8.82. The molecule has 90 heavy (non-hydrogen) atoms. The zero-order valence-electron chi connectivity index (χ0n) is 52.4. The highest BCUT2D eigenvalue weighted by Gasteiger charge is 2.46. The highest BCUT2D eigenvalue weighted by Crippen LogP contribution is 2.33. The van der Waals surface area contributed by atoms with Gasteiger partial charge in [0.15, 0.2) is 0 Å². The summed E-state index contributed by atoms with van der Waals surface area (Å²) < 4.78 is 11.7. The van der Waals surface area contributed by atoms with Gasteiger partial charge in [-0.15, -0.1) is 0 Å². The van der Waals surface area contributed by atoms with E-state index in [1.54, 1.807) is 37.9 Å². The largest absolute Gasteiger partial charge is 0.468 e. The number of nitrogens with two attached hydrogens (primary N) is 1. The normalized spacial score (nSPS) is 18.0. The van der Waals surface area contributed by atoms with E-state index in [2.05, 4.69) is 37.2 Å². The lowest BCUT2D eigenvalue weighted by molar-refractivity contribution is -0.144. The lowest BCUT2D eigenvalue weighted by Crippen LogP contribution is -2.62. The molecule has 5 atom stereocenters. The van der Waals surface area contributed by atoms with Crippen LogP contribution in [-0.2, 0) is 44.8 Å². The van der Waals surface area contributed by atoms with Gasteiger partial charge in [0.05, 0.1) is 43.2 Å². The number of unbranched alkanes of at least 4 members (excludes halogenated alkanes) is 8. The molecule has 3 saturated heterocycles. The summed E-state index contributed by atoms with van der Waals surface area (Å²) >= 11 is 0. The van der Waals surface area contributed by atoms with E-state index in [-0.39, 0.29) is 62.3 Å². The van der Waals surface area contributed by atoms with Gasteiger partial charge in [0.2, 0.25) is 29.5 Å². The van der Waals surface area contributed by atoms with Crippen LogP contribution < -0.4 is 42.4 Å². The predicted molar refractivity (Wildman–Crippen MR) is 343 cm³/mol. The van der Waals surface area contributed by atoms with Gasteiger partial charge < -0.3 is 60.6 Å². The Bertz CT molecular complexity index is 3280. The number of methoxy groups -OCH3 is 1. The summed E-state index contributed by atoms with van der Waals surface area (Å²) in [5, 5.41) is 13.7. The molecule has 3 fully saturated rings. The lowest BCUT2D eigenvalue weighted by Gasteiger charge is -2.39. The van der Waals surface area contributed by atoms with Crippen LogP contribution in [0, 0.1) is 5.92 Å². The summed E-state index contributed by atoms with van der Waals surface area (Å²) in [5.41, 5.74) is 7.45.